The largest absolute Gasteiger partial charge is 0.493 e. The summed E-state index contributed by atoms with van der Waals surface area (Å²) in [7, 11) is -3.81. The lowest BCUT2D eigenvalue weighted by Crippen LogP contribution is -2.36. The fraction of sp³-hybridized carbons (Fsp3) is 0.304. The predicted octanol–water partition coefficient (Wildman–Crippen LogP) is 3.33. The first-order valence-electron chi connectivity index (χ1n) is 10.2. The first-order chi connectivity index (χ1) is 14.8. The highest BCUT2D eigenvalue weighted by atomic mass is 32.2. The second kappa shape index (κ2) is 8.28. The topological polar surface area (TPSA) is 81.5 Å². The Labute approximate surface area is 182 Å². The van der Waals surface area contributed by atoms with Gasteiger partial charge < -0.3 is 4.74 Å². The molecule has 0 saturated heterocycles. The molecular weight excluding hydrogens is 414 g/mol. The van der Waals surface area contributed by atoms with Crippen molar-refractivity contribution in [1.29, 1.82) is 0 Å². The van der Waals surface area contributed by atoms with E-state index in [2.05, 4.69) is 5.10 Å². The van der Waals surface area contributed by atoms with Crippen LogP contribution in [0, 0.1) is 13.8 Å². The lowest BCUT2D eigenvalue weighted by atomic mass is 10.0. The Morgan fingerprint density at radius 1 is 1.06 bits per heavy atom. The van der Waals surface area contributed by atoms with Crippen molar-refractivity contribution in [3.05, 3.63) is 76.6 Å². The van der Waals surface area contributed by atoms with Gasteiger partial charge in [0.15, 0.2) is 0 Å². The van der Waals surface area contributed by atoms with Crippen LogP contribution in [-0.4, -0.2) is 41.6 Å². The zero-order valence-electron chi connectivity index (χ0n) is 17.8. The molecule has 0 atom stereocenters. The summed E-state index contributed by atoms with van der Waals surface area (Å²) in [6, 6.07) is 14.8. The molecular formula is C23H25N3O4S. The smallest absolute Gasteiger partial charge is 0.282 e. The normalized spacial score (nSPS) is 14.3. The number of carbonyl (C=O) groups is 1. The summed E-state index contributed by atoms with van der Waals surface area (Å²) in [5.41, 5.74) is 3.11. The summed E-state index contributed by atoms with van der Waals surface area (Å²) in [5, 5.41) is 4.30. The average Bonchev–Trinajstić information content (AvgIpc) is 3.08. The number of rotatable bonds is 5. The van der Waals surface area contributed by atoms with Gasteiger partial charge in [0.25, 0.3) is 5.91 Å². The van der Waals surface area contributed by atoms with Gasteiger partial charge in [-0.05, 0) is 50.5 Å². The number of para-hydroxylation sites is 1. The highest BCUT2D eigenvalue weighted by Gasteiger charge is 2.34. The molecule has 0 fully saturated rings. The Morgan fingerprint density at radius 3 is 2.48 bits per heavy atom. The van der Waals surface area contributed by atoms with Gasteiger partial charge in [0.2, 0.25) is 10.0 Å². The van der Waals surface area contributed by atoms with Gasteiger partial charge in [0.1, 0.15) is 10.6 Å². The van der Waals surface area contributed by atoms with E-state index in [1.807, 2.05) is 31.2 Å². The van der Waals surface area contributed by atoms with Gasteiger partial charge in [0.05, 0.1) is 23.6 Å². The first kappa shape index (κ1) is 21.3. The van der Waals surface area contributed by atoms with Crippen LogP contribution in [0.4, 0.5) is 0 Å². The van der Waals surface area contributed by atoms with Gasteiger partial charge in [-0.25, -0.2) is 8.42 Å². The van der Waals surface area contributed by atoms with Crippen LogP contribution < -0.4 is 4.74 Å². The molecule has 0 bridgehead atoms. The third kappa shape index (κ3) is 3.77. The van der Waals surface area contributed by atoms with Crippen LogP contribution in [0.2, 0.25) is 0 Å². The molecule has 0 amide bonds. The van der Waals surface area contributed by atoms with Crippen LogP contribution in [-0.2, 0) is 23.0 Å². The molecule has 2 aromatic carbocycles. The van der Waals surface area contributed by atoms with Crippen LogP contribution >= 0.6 is 0 Å². The molecule has 8 heteroatoms. The molecule has 0 saturated carbocycles. The van der Waals surface area contributed by atoms with Crippen LogP contribution in [0.25, 0.3) is 0 Å². The van der Waals surface area contributed by atoms with E-state index in [0.29, 0.717) is 48.8 Å². The number of aryl methyl sites for hydroxylation is 1. The number of ether oxygens (including phenoxy) is 1. The number of fused-ring (bicyclic) bond motifs is 1. The molecule has 0 unspecified atom stereocenters. The van der Waals surface area contributed by atoms with E-state index < -0.39 is 15.9 Å². The van der Waals surface area contributed by atoms with Crippen molar-refractivity contribution in [3.63, 3.8) is 0 Å². The van der Waals surface area contributed by atoms with Gasteiger partial charge in [-0.15, -0.1) is 0 Å². The molecule has 3 aromatic rings. The number of hydrogen-bond acceptors (Lipinski definition) is 5. The average molecular weight is 440 g/mol. The molecule has 0 N–H and O–H groups in total. The van der Waals surface area contributed by atoms with Crippen molar-refractivity contribution in [2.24, 2.45) is 0 Å². The molecule has 1 aliphatic rings. The lowest BCUT2D eigenvalue weighted by Gasteiger charge is -2.28. The van der Waals surface area contributed by atoms with Crippen molar-refractivity contribution < 1.29 is 17.9 Å². The minimum absolute atomic E-state index is 0.0918. The molecule has 1 aliphatic heterocycles. The summed E-state index contributed by atoms with van der Waals surface area (Å²) in [6.07, 6.45) is 0.655. The highest BCUT2D eigenvalue weighted by molar-refractivity contribution is 7.89. The monoisotopic (exact) mass is 439 g/mol. The number of nitrogens with zero attached hydrogens (tertiary/aromatic N) is 3. The molecule has 7 nitrogen and oxygen atoms in total. The van der Waals surface area contributed by atoms with Crippen molar-refractivity contribution in [1.82, 2.24) is 14.1 Å². The van der Waals surface area contributed by atoms with Gasteiger partial charge in [-0.1, -0.05) is 36.4 Å². The molecule has 0 aliphatic carbocycles. The van der Waals surface area contributed by atoms with E-state index in [0.717, 1.165) is 10.2 Å². The van der Waals surface area contributed by atoms with Crippen LogP contribution in [0.15, 0.2) is 53.4 Å². The Morgan fingerprint density at radius 2 is 1.74 bits per heavy atom. The number of aromatic nitrogens is 2. The SMILES string of the molecule is CCOc1ccccc1C(=O)n1nc(C)c(S(=O)(=O)N2CCc3ccccc3C2)c1C. The zero-order valence-corrected chi connectivity index (χ0v) is 18.6. The lowest BCUT2D eigenvalue weighted by molar-refractivity contribution is 0.0938. The number of hydrogen-bond donors (Lipinski definition) is 0. The van der Waals surface area contributed by atoms with E-state index >= 15 is 0 Å². The number of carbonyl (C=O) groups excluding carboxylic acids is 1. The van der Waals surface area contributed by atoms with Crippen LogP contribution in [0.3, 0.4) is 0 Å². The van der Waals surface area contributed by atoms with Crippen molar-refractivity contribution in [2.45, 2.75) is 38.6 Å². The molecule has 0 spiro atoms. The standard InChI is InChI=1S/C23H25N3O4S/c1-4-30-21-12-8-7-11-20(21)23(27)26-17(3)22(16(2)24-26)31(28,29)25-14-13-18-9-5-6-10-19(18)15-25/h5-12H,4,13-15H2,1-3H3. The fourth-order valence-electron chi connectivity index (χ4n) is 4.04. The summed E-state index contributed by atoms with van der Waals surface area (Å²) in [4.78, 5) is 13.3. The molecule has 0 radical (unpaired) electrons. The highest BCUT2D eigenvalue weighted by Crippen LogP contribution is 2.29. The maximum atomic E-state index is 13.5. The maximum absolute atomic E-state index is 13.5. The number of sulfonamides is 1. The zero-order chi connectivity index (χ0) is 22.2. The second-order valence-electron chi connectivity index (χ2n) is 7.50. The van der Waals surface area contributed by atoms with E-state index in [1.54, 1.807) is 38.1 Å². The van der Waals surface area contributed by atoms with Crippen molar-refractivity contribution in [3.8, 4) is 5.75 Å². The predicted molar refractivity (Wildman–Crippen MR) is 117 cm³/mol. The second-order valence-corrected chi connectivity index (χ2v) is 9.38. The Balaban J connectivity index is 1.71. The summed E-state index contributed by atoms with van der Waals surface area (Å²) in [6.45, 7) is 6.19. The van der Waals surface area contributed by atoms with E-state index in [1.165, 1.54) is 9.87 Å². The minimum Gasteiger partial charge on any atom is -0.493 e. The fourth-order valence-corrected chi connectivity index (χ4v) is 5.82. The molecule has 1 aromatic heterocycles. The van der Waals surface area contributed by atoms with Gasteiger partial charge in [0, 0.05) is 13.1 Å². The Bertz CT molecular complexity index is 1250. The molecule has 4 rings (SSSR count). The Kier molecular flexibility index (Phi) is 5.68. The van der Waals surface area contributed by atoms with Crippen molar-refractivity contribution >= 4 is 15.9 Å². The number of benzene rings is 2. The van der Waals surface area contributed by atoms with E-state index in [4.69, 9.17) is 4.74 Å². The van der Waals surface area contributed by atoms with Crippen LogP contribution in [0.5, 0.6) is 5.75 Å². The van der Waals surface area contributed by atoms with Gasteiger partial charge >= 0.3 is 0 Å². The summed E-state index contributed by atoms with van der Waals surface area (Å²) < 4.78 is 35.2. The van der Waals surface area contributed by atoms with Crippen molar-refractivity contribution in [2.75, 3.05) is 13.2 Å². The summed E-state index contributed by atoms with van der Waals surface area (Å²) >= 11 is 0. The first-order valence-corrected chi connectivity index (χ1v) is 11.7. The molecule has 162 valence electrons. The molecule has 2 heterocycles. The third-order valence-electron chi connectivity index (χ3n) is 5.53. The quantitative estimate of drug-likeness (QED) is 0.609. The van der Waals surface area contributed by atoms with Gasteiger partial charge in [-0.2, -0.15) is 14.1 Å². The Hall–Kier alpha value is -2.97. The van der Waals surface area contributed by atoms with E-state index in [-0.39, 0.29) is 4.90 Å². The maximum Gasteiger partial charge on any atom is 0.282 e. The molecule has 31 heavy (non-hydrogen) atoms. The van der Waals surface area contributed by atoms with Crippen LogP contribution in [0.1, 0.15) is 39.8 Å². The third-order valence-corrected chi connectivity index (χ3v) is 7.63. The van der Waals surface area contributed by atoms with Gasteiger partial charge in [-0.3, -0.25) is 4.79 Å². The minimum atomic E-state index is -3.81. The van der Waals surface area contributed by atoms with E-state index in [9.17, 15) is 13.2 Å². The summed E-state index contributed by atoms with van der Waals surface area (Å²) in [5.74, 6) is 0.0229.